The predicted molar refractivity (Wildman–Crippen MR) is 84.3 cm³/mol. The van der Waals surface area contributed by atoms with E-state index in [4.69, 9.17) is 4.74 Å². The quantitative estimate of drug-likeness (QED) is 0.644. The van der Waals surface area contributed by atoms with Crippen molar-refractivity contribution in [1.82, 2.24) is 10.2 Å². The van der Waals surface area contributed by atoms with Gasteiger partial charge in [0.15, 0.2) is 5.75 Å². The van der Waals surface area contributed by atoms with E-state index in [1.54, 1.807) is 12.1 Å². The van der Waals surface area contributed by atoms with Gasteiger partial charge in [0.05, 0.1) is 12.0 Å². The molecule has 118 valence electrons. The second-order valence-electron chi connectivity index (χ2n) is 5.09. The van der Waals surface area contributed by atoms with Crippen LogP contribution in [-0.4, -0.2) is 43.1 Å². The lowest BCUT2D eigenvalue weighted by atomic mass is 10.1. The van der Waals surface area contributed by atoms with Crippen LogP contribution in [0.4, 0.5) is 5.69 Å². The molecule has 0 aromatic heterocycles. The van der Waals surface area contributed by atoms with E-state index in [2.05, 4.69) is 10.2 Å². The number of likely N-dealkylation sites (tertiary alicyclic amines) is 1. The molecule has 1 aromatic rings. The SMILES string of the molecule is CNCC1CCCN1Cc1ccc(OC)c([N+](=O)[O-])c1.Cl. The molecule has 1 fully saturated rings. The van der Waals surface area contributed by atoms with Crippen molar-refractivity contribution in [2.24, 2.45) is 0 Å². The van der Waals surface area contributed by atoms with Crippen LogP contribution in [0.2, 0.25) is 0 Å². The van der Waals surface area contributed by atoms with Gasteiger partial charge in [-0.2, -0.15) is 0 Å². The highest BCUT2D eigenvalue weighted by Gasteiger charge is 2.24. The molecule has 1 atom stereocenters. The van der Waals surface area contributed by atoms with E-state index in [1.807, 2.05) is 13.1 Å². The summed E-state index contributed by atoms with van der Waals surface area (Å²) in [5, 5.41) is 14.2. The standard InChI is InChI=1S/C14H21N3O3.ClH/c1-15-9-12-4-3-7-16(12)10-11-5-6-14(20-2)13(8-11)17(18)19;/h5-6,8,12,15H,3-4,7,9-10H2,1-2H3;1H. The van der Waals surface area contributed by atoms with Gasteiger partial charge in [0.25, 0.3) is 0 Å². The number of nitro groups is 1. The lowest BCUT2D eigenvalue weighted by Gasteiger charge is -2.24. The fourth-order valence-electron chi connectivity index (χ4n) is 2.78. The Balaban J connectivity index is 0.00000220. The third-order valence-electron chi connectivity index (χ3n) is 3.76. The minimum absolute atomic E-state index is 0. The smallest absolute Gasteiger partial charge is 0.311 e. The van der Waals surface area contributed by atoms with Gasteiger partial charge in [-0.3, -0.25) is 15.0 Å². The van der Waals surface area contributed by atoms with Crippen molar-refractivity contribution in [3.63, 3.8) is 0 Å². The average molecular weight is 316 g/mol. The Bertz CT molecular complexity index is 485. The fourth-order valence-corrected chi connectivity index (χ4v) is 2.78. The van der Waals surface area contributed by atoms with Crippen LogP contribution in [0.15, 0.2) is 18.2 Å². The lowest BCUT2D eigenvalue weighted by Crippen LogP contribution is -2.36. The summed E-state index contributed by atoms with van der Waals surface area (Å²) in [7, 11) is 3.40. The molecule has 0 amide bonds. The Morgan fingerprint density at radius 3 is 2.90 bits per heavy atom. The highest BCUT2D eigenvalue weighted by Crippen LogP contribution is 2.29. The Morgan fingerprint density at radius 1 is 1.52 bits per heavy atom. The van der Waals surface area contributed by atoms with Crippen LogP contribution >= 0.6 is 12.4 Å². The lowest BCUT2D eigenvalue weighted by molar-refractivity contribution is -0.385. The first-order valence-corrected chi connectivity index (χ1v) is 6.85. The van der Waals surface area contributed by atoms with E-state index < -0.39 is 4.92 Å². The van der Waals surface area contributed by atoms with Crippen LogP contribution < -0.4 is 10.1 Å². The van der Waals surface area contributed by atoms with Crippen LogP contribution in [0, 0.1) is 10.1 Å². The largest absolute Gasteiger partial charge is 0.490 e. The number of nitro benzene ring substituents is 1. The zero-order valence-corrected chi connectivity index (χ0v) is 13.2. The van der Waals surface area contributed by atoms with Crippen LogP contribution in [0.1, 0.15) is 18.4 Å². The van der Waals surface area contributed by atoms with Crippen LogP contribution in [0.5, 0.6) is 5.75 Å². The molecule has 7 heteroatoms. The summed E-state index contributed by atoms with van der Waals surface area (Å²) in [5.74, 6) is 0.312. The minimum atomic E-state index is -0.391. The Morgan fingerprint density at radius 2 is 2.29 bits per heavy atom. The highest BCUT2D eigenvalue weighted by atomic mass is 35.5. The van der Waals surface area contributed by atoms with Gasteiger partial charge in [-0.15, -0.1) is 12.4 Å². The summed E-state index contributed by atoms with van der Waals surface area (Å²) >= 11 is 0. The molecule has 1 N–H and O–H groups in total. The second-order valence-corrected chi connectivity index (χ2v) is 5.09. The topological polar surface area (TPSA) is 67.6 Å². The van der Waals surface area contributed by atoms with Gasteiger partial charge in [0.2, 0.25) is 0 Å². The molecule has 0 saturated carbocycles. The monoisotopic (exact) mass is 315 g/mol. The van der Waals surface area contributed by atoms with Gasteiger partial charge in [0, 0.05) is 25.2 Å². The van der Waals surface area contributed by atoms with Crippen molar-refractivity contribution in [2.45, 2.75) is 25.4 Å². The van der Waals surface area contributed by atoms with E-state index >= 15 is 0 Å². The third-order valence-corrected chi connectivity index (χ3v) is 3.76. The molecule has 21 heavy (non-hydrogen) atoms. The second kappa shape index (κ2) is 8.17. The number of nitrogens with one attached hydrogen (secondary N) is 1. The summed E-state index contributed by atoms with van der Waals surface area (Å²) in [4.78, 5) is 13.0. The zero-order chi connectivity index (χ0) is 14.5. The van der Waals surface area contributed by atoms with Crippen LogP contribution in [-0.2, 0) is 6.54 Å². The molecular formula is C14H22ClN3O3. The first kappa shape index (κ1) is 17.7. The van der Waals surface area contributed by atoms with Crippen molar-refractivity contribution in [2.75, 3.05) is 27.2 Å². The average Bonchev–Trinajstić information content (AvgIpc) is 2.86. The third kappa shape index (κ3) is 4.30. The maximum Gasteiger partial charge on any atom is 0.311 e. The number of benzene rings is 1. The Labute approximate surface area is 131 Å². The Hall–Kier alpha value is -1.37. The number of hydrogen-bond donors (Lipinski definition) is 1. The highest BCUT2D eigenvalue weighted by molar-refractivity contribution is 5.85. The van der Waals surface area contributed by atoms with Crippen molar-refractivity contribution >= 4 is 18.1 Å². The van der Waals surface area contributed by atoms with Gasteiger partial charge >= 0.3 is 5.69 Å². The van der Waals surface area contributed by atoms with Crippen molar-refractivity contribution in [3.8, 4) is 5.75 Å². The summed E-state index contributed by atoms with van der Waals surface area (Å²) in [6, 6.07) is 5.71. The predicted octanol–water partition coefficient (Wildman–Crippen LogP) is 2.21. The minimum Gasteiger partial charge on any atom is -0.490 e. The first-order valence-electron chi connectivity index (χ1n) is 6.85. The van der Waals surface area contributed by atoms with Gasteiger partial charge in [0.1, 0.15) is 0 Å². The molecule has 6 nitrogen and oxygen atoms in total. The zero-order valence-electron chi connectivity index (χ0n) is 12.4. The number of likely N-dealkylation sites (N-methyl/N-ethyl adjacent to an activating group) is 1. The summed E-state index contributed by atoms with van der Waals surface area (Å²) in [6.07, 6.45) is 2.36. The number of methoxy groups -OCH3 is 1. The van der Waals surface area contributed by atoms with Crippen LogP contribution in [0.25, 0.3) is 0 Å². The summed E-state index contributed by atoms with van der Waals surface area (Å²) in [6.45, 7) is 2.75. The molecule has 1 aliphatic rings. The number of ether oxygens (including phenoxy) is 1. The molecule has 0 radical (unpaired) electrons. The van der Waals surface area contributed by atoms with E-state index in [0.717, 1.165) is 25.2 Å². The first-order chi connectivity index (χ1) is 9.65. The molecule has 1 saturated heterocycles. The number of halogens is 1. The number of hydrogen-bond acceptors (Lipinski definition) is 5. The van der Waals surface area contributed by atoms with Gasteiger partial charge in [-0.1, -0.05) is 6.07 Å². The maximum absolute atomic E-state index is 11.0. The number of nitrogens with zero attached hydrogens (tertiary/aromatic N) is 2. The number of rotatable bonds is 6. The Kier molecular flexibility index (Phi) is 6.87. The molecule has 0 spiro atoms. The molecule has 2 rings (SSSR count). The summed E-state index contributed by atoms with van der Waals surface area (Å²) < 4.78 is 5.03. The van der Waals surface area contributed by atoms with Gasteiger partial charge in [-0.25, -0.2) is 0 Å². The summed E-state index contributed by atoms with van der Waals surface area (Å²) in [5.41, 5.74) is 0.995. The molecular weight excluding hydrogens is 294 g/mol. The molecule has 1 aliphatic heterocycles. The molecule has 1 unspecified atom stereocenters. The van der Waals surface area contributed by atoms with Crippen molar-refractivity contribution in [3.05, 3.63) is 33.9 Å². The molecule has 0 aliphatic carbocycles. The van der Waals surface area contributed by atoms with Crippen molar-refractivity contribution in [1.29, 1.82) is 0 Å². The normalized spacial score (nSPS) is 18.3. The van der Waals surface area contributed by atoms with E-state index in [9.17, 15) is 10.1 Å². The maximum atomic E-state index is 11.0. The van der Waals surface area contributed by atoms with Gasteiger partial charge in [-0.05, 0) is 38.1 Å². The van der Waals surface area contributed by atoms with Gasteiger partial charge < -0.3 is 10.1 Å². The van der Waals surface area contributed by atoms with E-state index in [0.29, 0.717) is 11.8 Å². The molecule has 0 bridgehead atoms. The van der Waals surface area contributed by atoms with E-state index in [1.165, 1.54) is 20.0 Å². The van der Waals surface area contributed by atoms with E-state index in [-0.39, 0.29) is 18.1 Å². The van der Waals surface area contributed by atoms with Crippen LogP contribution in [0.3, 0.4) is 0 Å². The fraction of sp³-hybridized carbons (Fsp3) is 0.571. The molecule has 1 heterocycles. The van der Waals surface area contributed by atoms with Crippen molar-refractivity contribution < 1.29 is 9.66 Å². The molecule has 1 aromatic carbocycles.